The summed E-state index contributed by atoms with van der Waals surface area (Å²) >= 11 is 0. The van der Waals surface area contributed by atoms with Gasteiger partial charge in [-0.25, -0.2) is 0 Å². The van der Waals surface area contributed by atoms with E-state index in [9.17, 15) is 5.11 Å². The van der Waals surface area contributed by atoms with Crippen molar-refractivity contribution in [2.45, 2.75) is 37.7 Å². The van der Waals surface area contributed by atoms with Crippen LogP contribution in [0.5, 0.6) is 0 Å². The number of hydrogen-bond donors (Lipinski definition) is 1. The van der Waals surface area contributed by atoms with Gasteiger partial charge in [0.05, 0.1) is 5.60 Å². The molecule has 1 nitrogen and oxygen atoms in total. The second-order valence-electron chi connectivity index (χ2n) is 3.36. The van der Waals surface area contributed by atoms with Gasteiger partial charge in [-0.05, 0) is 38.0 Å². The van der Waals surface area contributed by atoms with Crippen molar-refractivity contribution in [2.75, 3.05) is 0 Å². The third-order valence-electron chi connectivity index (χ3n) is 2.85. The molecule has 0 aromatic carbocycles. The summed E-state index contributed by atoms with van der Waals surface area (Å²) in [4.78, 5) is 0. The highest BCUT2D eigenvalue weighted by Crippen LogP contribution is 2.46. The van der Waals surface area contributed by atoms with Crippen molar-refractivity contribution in [1.29, 1.82) is 0 Å². The van der Waals surface area contributed by atoms with Crippen molar-refractivity contribution in [2.24, 2.45) is 5.92 Å². The standard InChI is InChI=1S/C8H13O/c9-8(5-2-6-8)7-3-1-4-7/h5,7,9H,1-4,6H2. The van der Waals surface area contributed by atoms with E-state index >= 15 is 0 Å². The molecule has 0 aromatic heterocycles. The van der Waals surface area contributed by atoms with Crippen molar-refractivity contribution < 1.29 is 5.11 Å². The first kappa shape index (κ1) is 5.72. The largest absolute Gasteiger partial charge is 0.389 e. The van der Waals surface area contributed by atoms with Gasteiger partial charge in [0.15, 0.2) is 0 Å². The molecule has 0 bridgehead atoms. The highest BCUT2D eigenvalue weighted by Gasteiger charge is 2.44. The summed E-state index contributed by atoms with van der Waals surface area (Å²) in [6.07, 6.45) is 8.09. The molecule has 1 radical (unpaired) electrons. The van der Waals surface area contributed by atoms with Crippen LogP contribution in [0.3, 0.4) is 0 Å². The van der Waals surface area contributed by atoms with Crippen molar-refractivity contribution in [3.8, 4) is 0 Å². The lowest BCUT2D eigenvalue weighted by molar-refractivity contribution is -0.0638. The highest BCUT2D eigenvalue weighted by atomic mass is 16.3. The molecule has 0 saturated heterocycles. The number of aliphatic hydroxyl groups is 1. The summed E-state index contributed by atoms with van der Waals surface area (Å²) in [5.74, 6) is 0.631. The summed E-state index contributed by atoms with van der Waals surface area (Å²) in [5, 5.41) is 9.67. The fourth-order valence-electron chi connectivity index (χ4n) is 1.72. The summed E-state index contributed by atoms with van der Waals surface area (Å²) in [5.41, 5.74) is -0.307. The highest BCUT2D eigenvalue weighted by molar-refractivity contribution is 5.08. The molecular formula is C8H13O. The van der Waals surface area contributed by atoms with Gasteiger partial charge in [0.2, 0.25) is 0 Å². The molecule has 2 rings (SSSR count). The van der Waals surface area contributed by atoms with Gasteiger partial charge in [0, 0.05) is 0 Å². The Kier molecular flexibility index (Phi) is 1.10. The van der Waals surface area contributed by atoms with Crippen LogP contribution in [0.1, 0.15) is 32.1 Å². The Bertz CT molecular complexity index is 112. The molecule has 2 fully saturated rings. The van der Waals surface area contributed by atoms with Gasteiger partial charge in [-0.2, -0.15) is 0 Å². The Morgan fingerprint density at radius 1 is 1.44 bits per heavy atom. The van der Waals surface area contributed by atoms with Gasteiger partial charge < -0.3 is 5.11 Å². The Morgan fingerprint density at radius 3 is 2.22 bits per heavy atom. The van der Waals surface area contributed by atoms with Crippen LogP contribution < -0.4 is 0 Å². The molecule has 0 heterocycles. The molecule has 2 saturated carbocycles. The zero-order valence-electron chi connectivity index (χ0n) is 5.64. The SMILES string of the molecule is OC1(C2CCC2)[CH]CC1. The molecule has 0 amide bonds. The first-order valence-corrected chi connectivity index (χ1v) is 3.88. The minimum Gasteiger partial charge on any atom is -0.389 e. The van der Waals surface area contributed by atoms with E-state index in [0.29, 0.717) is 5.92 Å². The van der Waals surface area contributed by atoms with Crippen molar-refractivity contribution in [3.05, 3.63) is 6.42 Å². The van der Waals surface area contributed by atoms with E-state index in [4.69, 9.17) is 0 Å². The monoisotopic (exact) mass is 125 g/mol. The topological polar surface area (TPSA) is 20.2 Å². The third kappa shape index (κ3) is 0.710. The fraction of sp³-hybridized carbons (Fsp3) is 0.875. The molecule has 1 unspecified atom stereocenters. The predicted octanol–water partition coefficient (Wildman–Crippen LogP) is 1.52. The second kappa shape index (κ2) is 1.72. The van der Waals surface area contributed by atoms with Crippen molar-refractivity contribution in [1.82, 2.24) is 0 Å². The summed E-state index contributed by atoms with van der Waals surface area (Å²) in [7, 11) is 0. The summed E-state index contributed by atoms with van der Waals surface area (Å²) in [6.45, 7) is 0. The Balaban J connectivity index is 1.94. The molecular weight excluding hydrogens is 112 g/mol. The lowest BCUT2D eigenvalue weighted by Crippen LogP contribution is -2.47. The van der Waals surface area contributed by atoms with Crippen LogP contribution >= 0.6 is 0 Å². The van der Waals surface area contributed by atoms with Crippen LogP contribution in [0.25, 0.3) is 0 Å². The van der Waals surface area contributed by atoms with Crippen molar-refractivity contribution >= 4 is 0 Å². The molecule has 51 valence electrons. The molecule has 2 aliphatic rings. The maximum absolute atomic E-state index is 9.67. The van der Waals surface area contributed by atoms with Crippen LogP contribution in [0.4, 0.5) is 0 Å². The number of rotatable bonds is 1. The van der Waals surface area contributed by atoms with Gasteiger partial charge in [0.1, 0.15) is 0 Å². The quantitative estimate of drug-likeness (QED) is 0.563. The van der Waals surface area contributed by atoms with E-state index in [-0.39, 0.29) is 5.60 Å². The van der Waals surface area contributed by atoms with Gasteiger partial charge in [-0.1, -0.05) is 6.42 Å². The zero-order valence-corrected chi connectivity index (χ0v) is 5.64. The Hall–Kier alpha value is -0.0400. The zero-order chi connectivity index (χ0) is 6.32. The average molecular weight is 125 g/mol. The molecule has 1 N–H and O–H groups in total. The van der Waals surface area contributed by atoms with Crippen molar-refractivity contribution in [3.63, 3.8) is 0 Å². The number of hydrogen-bond acceptors (Lipinski definition) is 1. The Morgan fingerprint density at radius 2 is 2.11 bits per heavy atom. The van der Waals surface area contributed by atoms with E-state index < -0.39 is 0 Å². The molecule has 0 spiro atoms. The average Bonchev–Trinajstić information content (AvgIpc) is 1.56. The molecule has 0 aliphatic heterocycles. The molecule has 1 atom stereocenters. The third-order valence-corrected chi connectivity index (χ3v) is 2.85. The minimum absolute atomic E-state index is 0.307. The Labute approximate surface area is 56.1 Å². The lowest BCUT2D eigenvalue weighted by atomic mass is 9.63. The molecule has 2 aliphatic carbocycles. The van der Waals surface area contributed by atoms with Gasteiger partial charge in [0.25, 0.3) is 0 Å². The smallest absolute Gasteiger partial charge is 0.0707 e. The first-order valence-electron chi connectivity index (χ1n) is 3.88. The second-order valence-corrected chi connectivity index (χ2v) is 3.36. The summed E-state index contributed by atoms with van der Waals surface area (Å²) in [6, 6.07) is 0. The van der Waals surface area contributed by atoms with Crippen LogP contribution in [-0.2, 0) is 0 Å². The van der Waals surface area contributed by atoms with Crippen LogP contribution in [0.15, 0.2) is 0 Å². The van der Waals surface area contributed by atoms with Gasteiger partial charge in [-0.3, -0.25) is 0 Å². The van der Waals surface area contributed by atoms with Crippen LogP contribution in [0.2, 0.25) is 0 Å². The molecule has 0 aromatic rings. The van der Waals surface area contributed by atoms with E-state index in [1.807, 2.05) is 0 Å². The minimum atomic E-state index is -0.307. The van der Waals surface area contributed by atoms with E-state index in [0.717, 1.165) is 12.8 Å². The van der Waals surface area contributed by atoms with E-state index in [1.54, 1.807) is 0 Å². The maximum Gasteiger partial charge on any atom is 0.0707 e. The first-order chi connectivity index (χ1) is 4.31. The van der Waals surface area contributed by atoms with Crippen LogP contribution in [0, 0.1) is 12.3 Å². The predicted molar refractivity (Wildman–Crippen MR) is 35.8 cm³/mol. The summed E-state index contributed by atoms with van der Waals surface area (Å²) < 4.78 is 0. The maximum atomic E-state index is 9.67. The van der Waals surface area contributed by atoms with E-state index in [1.165, 1.54) is 19.3 Å². The van der Waals surface area contributed by atoms with Gasteiger partial charge in [-0.15, -0.1) is 0 Å². The van der Waals surface area contributed by atoms with Crippen LogP contribution in [-0.4, -0.2) is 10.7 Å². The fourth-order valence-corrected chi connectivity index (χ4v) is 1.72. The van der Waals surface area contributed by atoms with Gasteiger partial charge >= 0.3 is 0 Å². The molecule has 1 heteroatoms. The normalized spacial score (nSPS) is 33.0. The lowest BCUT2D eigenvalue weighted by Gasteiger charge is -2.47. The molecule has 9 heavy (non-hydrogen) atoms. The van der Waals surface area contributed by atoms with E-state index in [2.05, 4.69) is 6.42 Å².